The van der Waals surface area contributed by atoms with Gasteiger partial charge in [0.05, 0.1) is 4.90 Å². The summed E-state index contributed by atoms with van der Waals surface area (Å²) in [6, 6.07) is 5.82. The summed E-state index contributed by atoms with van der Waals surface area (Å²) < 4.78 is 22.7. The van der Waals surface area contributed by atoms with Crippen LogP contribution in [-0.4, -0.2) is 19.9 Å². The van der Waals surface area contributed by atoms with E-state index in [9.17, 15) is 13.2 Å². The number of rotatable bonds is 4. The molecule has 0 heterocycles. The lowest BCUT2D eigenvalue weighted by Gasteiger charge is -2.49. The van der Waals surface area contributed by atoms with Crippen LogP contribution in [0.5, 0.6) is 0 Å². The van der Waals surface area contributed by atoms with E-state index in [0.717, 1.165) is 25.2 Å². The molecule has 1 N–H and O–H groups in total. The van der Waals surface area contributed by atoms with Crippen LogP contribution in [0.2, 0.25) is 0 Å². The van der Waals surface area contributed by atoms with Crippen molar-refractivity contribution in [3.63, 3.8) is 0 Å². The van der Waals surface area contributed by atoms with Gasteiger partial charge in [0.1, 0.15) is 0 Å². The zero-order valence-corrected chi connectivity index (χ0v) is 16.4. The van der Waals surface area contributed by atoms with Gasteiger partial charge in [0.2, 0.25) is 0 Å². The van der Waals surface area contributed by atoms with E-state index in [0.29, 0.717) is 17.4 Å². The van der Waals surface area contributed by atoms with Gasteiger partial charge in [-0.25, -0.2) is 8.42 Å². The van der Waals surface area contributed by atoms with Crippen LogP contribution in [0, 0.1) is 17.8 Å². The molecule has 1 amide bonds. The molecule has 0 saturated heterocycles. The summed E-state index contributed by atoms with van der Waals surface area (Å²) in [5.74, 6) is 2.06. The number of carbonyl (C=O) groups excluding carboxylic acids is 1. The Bertz CT molecular complexity index is 726. The van der Waals surface area contributed by atoms with Gasteiger partial charge in [-0.15, -0.1) is 0 Å². The van der Waals surface area contributed by atoms with Crippen LogP contribution in [0.3, 0.4) is 0 Å². The average molecular weight is 384 g/mol. The maximum atomic E-state index is 12.7. The first kappa shape index (κ1) is 18.7. The van der Waals surface area contributed by atoms with Gasteiger partial charge in [0.25, 0.3) is 15.0 Å². The Kier molecular flexibility index (Phi) is 5.18. The third kappa shape index (κ3) is 4.20. The van der Waals surface area contributed by atoms with Crippen molar-refractivity contribution in [1.29, 1.82) is 0 Å². The molecule has 0 aliphatic heterocycles. The van der Waals surface area contributed by atoms with E-state index in [1.54, 1.807) is 0 Å². The molecule has 138 valence electrons. The highest BCUT2D eigenvalue weighted by atomic mass is 35.7. The first-order valence-electron chi connectivity index (χ1n) is 9.08. The maximum Gasteiger partial charge on any atom is 0.261 e. The van der Waals surface area contributed by atoms with Crippen molar-refractivity contribution < 1.29 is 13.2 Å². The largest absolute Gasteiger partial charge is 0.347 e. The normalized spacial score (nSPS) is 32.2. The quantitative estimate of drug-likeness (QED) is 0.786. The van der Waals surface area contributed by atoms with Gasteiger partial charge >= 0.3 is 0 Å². The fourth-order valence-corrected chi connectivity index (χ4v) is 5.75. The molecule has 0 radical (unpaired) electrons. The Morgan fingerprint density at radius 3 is 2.20 bits per heavy atom. The number of halogens is 1. The minimum atomic E-state index is -3.76. The summed E-state index contributed by atoms with van der Waals surface area (Å²) in [5, 5.41) is 3.28. The monoisotopic (exact) mass is 383 g/mol. The topological polar surface area (TPSA) is 63.2 Å². The predicted octanol–water partition coefficient (Wildman–Crippen LogP) is 4.34. The van der Waals surface area contributed by atoms with Crippen LogP contribution in [0.25, 0.3) is 0 Å². The molecule has 1 aromatic rings. The first-order valence-corrected chi connectivity index (χ1v) is 11.4. The number of hydrogen-bond donors (Lipinski definition) is 1. The summed E-state index contributed by atoms with van der Waals surface area (Å²) in [4.78, 5) is 12.7. The second-order valence-corrected chi connectivity index (χ2v) is 10.6. The van der Waals surface area contributed by atoms with Crippen molar-refractivity contribution in [2.75, 3.05) is 0 Å². The number of nitrogens with one attached hydrogen (secondary N) is 1. The summed E-state index contributed by atoms with van der Waals surface area (Å²) >= 11 is 0. The molecule has 4 nitrogen and oxygen atoms in total. The maximum absolute atomic E-state index is 12.7. The molecule has 0 aromatic heterocycles. The predicted molar refractivity (Wildman–Crippen MR) is 99.2 cm³/mol. The third-order valence-electron chi connectivity index (χ3n) is 5.95. The zero-order chi connectivity index (χ0) is 18.2. The van der Waals surface area contributed by atoms with Gasteiger partial charge in [0.15, 0.2) is 0 Å². The fraction of sp³-hybridized carbons (Fsp3) is 0.632. The molecule has 6 heteroatoms. The van der Waals surface area contributed by atoms with Crippen molar-refractivity contribution in [2.24, 2.45) is 17.8 Å². The van der Waals surface area contributed by atoms with Crippen LogP contribution in [0.4, 0.5) is 0 Å². The van der Waals surface area contributed by atoms with Crippen LogP contribution in [0.1, 0.15) is 62.7 Å². The summed E-state index contributed by atoms with van der Waals surface area (Å²) in [7, 11) is 1.56. The van der Waals surface area contributed by atoms with Gasteiger partial charge in [-0.1, -0.05) is 13.8 Å². The number of carbonyl (C=O) groups is 1. The van der Waals surface area contributed by atoms with Gasteiger partial charge in [-0.2, -0.15) is 0 Å². The standard InChI is InChI=1S/C19H26ClNO3S/c1-3-19(11-14-8-13(2)9-15(10-14)12-19)21-18(22)16-4-6-17(7-5-16)25(20,23)24/h4-7,13-15H,3,8-12H2,1-2H3,(H,21,22). The summed E-state index contributed by atoms with van der Waals surface area (Å²) in [6.45, 7) is 4.48. The minimum absolute atomic E-state index is 0.0112. The number of amides is 1. The lowest BCUT2D eigenvalue weighted by Crippen LogP contribution is -2.54. The van der Waals surface area contributed by atoms with Crippen LogP contribution in [0.15, 0.2) is 29.2 Å². The summed E-state index contributed by atoms with van der Waals surface area (Å²) in [5.41, 5.74) is 0.336. The van der Waals surface area contributed by atoms with E-state index < -0.39 is 9.05 Å². The number of hydrogen-bond acceptors (Lipinski definition) is 3. The second-order valence-electron chi connectivity index (χ2n) is 8.00. The highest BCUT2D eigenvalue weighted by Crippen LogP contribution is 2.47. The number of benzene rings is 1. The molecule has 1 aromatic carbocycles. The van der Waals surface area contributed by atoms with Gasteiger partial charge in [-0.05, 0) is 80.5 Å². The minimum Gasteiger partial charge on any atom is -0.347 e. The molecule has 2 aliphatic rings. The van der Waals surface area contributed by atoms with Crippen LogP contribution >= 0.6 is 10.7 Å². The molecule has 25 heavy (non-hydrogen) atoms. The second kappa shape index (κ2) is 6.92. The van der Waals surface area contributed by atoms with Crippen LogP contribution < -0.4 is 5.32 Å². The van der Waals surface area contributed by atoms with Crippen molar-refractivity contribution in [3.8, 4) is 0 Å². The van der Waals surface area contributed by atoms with Crippen molar-refractivity contribution in [1.82, 2.24) is 5.32 Å². The molecule has 2 saturated carbocycles. The SMILES string of the molecule is CCC1(NC(=O)c2ccc(S(=O)(=O)Cl)cc2)CC2CC(C)CC(C2)C1. The van der Waals surface area contributed by atoms with E-state index in [2.05, 4.69) is 19.2 Å². The van der Waals surface area contributed by atoms with E-state index >= 15 is 0 Å². The highest BCUT2D eigenvalue weighted by molar-refractivity contribution is 8.13. The van der Waals surface area contributed by atoms with E-state index in [1.807, 2.05) is 0 Å². The van der Waals surface area contributed by atoms with Gasteiger partial charge in [0, 0.05) is 21.8 Å². The average Bonchev–Trinajstić information content (AvgIpc) is 2.53. The smallest absolute Gasteiger partial charge is 0.261 e. The lowest BCUT2D eigenvalue weighted by molar-refractivity contribution is 0.0531. The molecule has 3 rings (SSSR count). The molecule has 2 atom stereocenters. The molecule has 0 spiro atoms. The van der Waals surface area contributed by atoms with E-state index in [4.69, 9.17) is 10.7 Å². The first-order chi connectivity index (χ1) is 11.7. The molecule has 2 fully saturated rings. The Labute approximate surface area is 154 Å². The zero-order valence-electron chi connectivity index (χ0n) is 14.8. The molecular formula is C19H26ClNO3S. The van der Waals surface area contributed by atoms with Gasteiger partial charge < -0.3 is 5.32 Å². The lowest BCUT2D eigenvalue weighted by atomic mass is 9.61. The van der Waals surface area contributed by atoms with E-state index in [-0.39, 0.29) is 16.3 Å². The van der Waals surface area contributed by atoms with Crippen molar-refractivity contribution in [2.45, 2.75) is 62.8 Å². The Hall–Kier alpha value is -1.07. The highest BCUT2D eigenvalue weighted by Gasteiger charge is 2.43. The van der Waals surface area contributed by atoms with Crippen molar-refractivity contribution in [3.05, 3.63) is 29.8 Å². The Morgan fingerprint density at radius 2 is 1.72 bits per heavy atom. The molecule has 2 unspecified atom stereocenters. The van der Waals surface area contributed by atoms with E-state index in [1.165, 1.54) is 43.5 Å². The molecular weight excluding hydrogens is 358 g/mol. The Morgan fingerprint density at radius 1 is 1.16 bits per heavy atom. The Balaban J connectivity index is 1.74. The van der Waals surface area contributed by atoms with Crippen molar-refractivity contribution >= 4 is 25.6 Å². The molecule has 2 bridgehead atoms. The number of fused-ring (bicyclic) bond motifs is 2. The van der Waals surface area contributed by atoms with Gasteiger partial charge in [-0.3, -0.25) is 4.79 Å². The van der Waals surface area contributed by atoms with Crippen LogP contribution in [-0.2, 0) is 9.05 Å². The summed E-state index contributed by atoms with van der Waals surface area (Å²) in [6.07, 6.45) is 6.83. The fourth-order valence-electron chi connectivity index (χ4n) is 4.98. The third-order valence-corrected chi connectivity index (χ3v) is 7.32. The molecule has 2 aliphatic carbocycles.